The van der Waals surface area contributed by atoms with Crippen molar-refractivity contribution in [2.45, 2.75) is 32.6 Å². The standard InChI is InChI=1S/C15H20N2O3/c1-2-5-11-6-3-4-7-12(11)17-14(20)16-10-15(8-9-15)13(18)19/h3-4,6-7H,2,5,8-10H2,1H3,(H,18,19)(H2,16,17,20). The highest BCUT2D eigenvalue weighted by molar-refractivity contribution is 5.90. The summed E-state index contributed by atoms with van der Waals surface area (Å²) in [6.45, 7) is 2.27. The van der Waals surface area contributed by atoms with Crippen LogP contribution >= 0.6 is 0 Å². The first-order valence-corrected chi connectivity index (χ1v) is 6.93. The van der Waals surface area contributed by atoms with Gasteiger partial charge in [0.1, 0.15) is 0 Å². The predicted molar refractivity (Wildman–Crippen MR) is 76.8 cm³/mol. The zero-order valence-corrected chi connectivity index (χ0v) is 11.6. The van der Waals surface area contributed by atoms with E-state index in [4.69, 9.17) is 5.11 Å². The van der Waals surface area contributed by atoms with Gasteiger partial charge in [-0.1, -0.05) is 31.5 Å². The average molecular weight is 276 g/mol. The minimum Gasteiger partial charge on any atom is -0.481 e. The van der Waals surface area contributed by atoms with E-state index >= 15 is 0 Å². The Bertz CT molecular complexity index is 510. The monoisotopic (exact) mass is 276 g/mol. The fourth-order valence-electron chi connectivity index (χ4n) is 2.16. The zero-order chi connectivity index (χ0) is 14.6. The first-order valence-electron chi connectivity index (χ1n) is 6.93. The van der Waals surface area contributed by atoms with Crippen LogP contribution in [0.2, 0.25) is 0 Å². The highest BCUT2D eigenvalue weighted by Gasteiger charge is 2.50. The average Bonchev–Trinajstić information content (AvgIpc) is 3.20. The molecule has 1 aliphatic rings. The lowest BCUT2D eigenvalue weighted by atomic mass is 10.1. The molecule has 5 nitrogen and oxygen atoms in total. The summed E-state index contributed by atoms with van der Waals surface area (Å²) >= 11 is 0. The van der Waals surface area contributed by atoms with E-state index in [0.29, 0.717) is 12.8 Å². The van der Waals surface area contributed by atoms with Crippen LogP contribution in [0.15, 0.2) is 24.3 Å². The Labute approximate surface area is 118 Å². The molecule has 108 valence electrons. The zero-order valence-electron chi connectivity index (χ0n) is 11.6. The molecule has 1 aromatic rings. The maximum absolute atomic E-state index is 11.9. The molecule has 0 spiro atoms. The number of urea groups is 1. The number of nitrogens with one attached hydrogen (secondary N) is 2. The molecule has 0 atom stereocenters. The van der Waals surface area contributed by atoms with Crippen molar-refractivity contribution < 1.29 is 14.7 Å². The van der Waals surface area contributed by atoms with Gasteiger partial charge in [0.05, 0.1) is 5.41 Å². The summed E-state index contributed by atoms with van der Waals surface area (Å²) in [5, 5.41) is 14.5. The van der Waals surface area contributed by atoms with E-state index in [-0.39, 0.29) is 12.6 Å². The van der Waals surface area contributed by atoms with Crippen LogP contribution < -0.4 is 10.6 Å². The molecule has 2 amide bonds. The van der Waals surface area contributed by atoms with Crippen LogP contribution in [-0.2, 0) is 11.2 Å². The molecular weight excluding hydrogens is 256 g/mol. The third-order valence-electron chi connectivity index (χ3n) is 3.68. The maximum Gasteiger partial charge on any atom is 0.319 e. The predicted octanol–water partition coefficient (Wildman–Crippen LogP) is 2.63. The van der Waals surface area contributed by atoms with Gasteiger partial charge in [0.15, 0.2) is 0 Å². The number of rotatable bonds is 6. The summed E-state index contributed by atoms with van der Waals surface area (Å²) in [6, 6.07) is 7.31. The summed E-state index contributed by atoms with van der Waals surface area (Å²) in [5.41, 5.74) is 1.14. The molecule has 1 fully saturated rings. The van der Waals surface area contributed by atoms with E-state index < -0.39 is 11.4 Å². The van der Waals surface area contributed by atoms with E-state index in [9.17, 15) is 9.59 Å². The molecule has 0 heterocycles. The van der Waals surface area contributed by atoms with Crippen LogP contribution in [0.4, 0.5) is 10.5 Å². The number of hydrogen-bond acceptors (Lipinski definition) is 2. The van der Waals surface area contributed by atoms with Crippen LogP contribution in [0.1, 0.15) is 31.7 Å². The Morgan fingerprint density at radius 1 is 1.30 bits per heavy atom. The molecular formula is C15H20N2O3. The van der Waals surface area contributed by atoms with Crippen molar-refractivity contribution >= 4 is 17.7 Å². The van der Waals surface area contributed by atoms with E-state index in [1.54, 1.807) is 0 Å². The topological polar surface area (TPSA) is 78.4 Å². The molecule has 0 aliphatic heterocycles. The van der Waals surface area contributed by atoms with Crippen LogP contribution in [0.5, 0.6) is 0 Å². The largest absolute Gasteiger partial charge is 0.481 e. The molecule has 1 aromatic carbocycles. The molecule has 0 saturated heterocycles. The van der Waals surface area contributed by atoms with Crippen molar-refractivity contribution in [2.75, 3.05) is 11.9 Å². The lowest BCUT2D eigenvalue weighted by Crippen LogP contribution is -2.37. The third kappa shape index (κ3) is 3.29. The number of carboxylic acids is 1. The van der Waals surface area contributed by atoms with E-state index in [1.807, 2.05) is 24.3 Å². The second kappa shape index (κ2) is 5.94. The molecule has 1 aliphatic carbocycles. The number of benzene rings is 1. The fourth-order valence-corrected chi connectivity index (χ4v) is 2.16. The van der Waals surface area contributed by atoms with Gasteiger partial charge >= 0.3 is 12.0 Å². The van der Waals surface area contributed by atoms with Gasteiger partial charge in [-0.2, -0.15) is 0 Å². The third-order valence-corrected chi connectivity index (χ3v) is 3.68. The lowest BCUT2D eigenvalue weighted by Gasteiger charge is -2.14. The van der Waals surface area contributed by atoms with Crippen LogP contribution in [0.3, 0.4) is 0 Å². The van der Waals surface area contributed by atoms with Crippen LogP contribution in [0, 0.1) is 5.41 Å². The van der Waals surface area contributed by atoms with Crippen molar-refractivity contribution in [3.8, 4) is 0 Å². The highest BCUT2D eigenvalue weighted by Crippen LogP contribution is 2.45. The van der Waals surface area contributed by atoms with Gasteiger partial charge in [0, 0.05) is 12.2 Å². The Kier molecular flexibility index (Phi) is 4.27. The molecule has 0 aromatic heterocycles. The maximum atomic E-state index is 11.9. The van der Waals surface area contributed by atoms with E-state index in [1.165, 1.54) is 0 Å². The van der Waals surface area contributed by atoms with Gasteiger partial charge in [0.25, 0.3) is 0 Å². The molecule has 5 heteroatoms. The Balaban J connectivity index is 1.90. The second-order valence-corrected chi connectivity index (χ2v) is 5.30. The van der Waals surface area contributed by atoms with Gasteiger partial charge in [-0.15, -0.1) is 0 Å². The number of carbonyl (C=O) groups excluding carboxylic acids is 1. The van der Waals surface area contributed by atoms with Crippen LogP contribution in [-0.4, -0.2) is 23.7 Å². The molecule has 0 radical (unpaired) electrons. The van der Waals surface area contributed by atoms with Crippen molar-refractivity contribution in [1.29, 1.82) is 0 Å². The normalized spacial score (nSPS) is 15.4. The number of para-hydroxylation sites is 1. The minimum absolute atomic E-state index is 0.185. The molecule has 1 saturated carbocycles. The van der Waals surface area contributed by atoms with Crippen molar-refractivity contribution in [1.82, 2.24) is 5.32 Å². The molecule has 0 unspecified atom stereocenters. The summed E-state index contributed by atoms with van der Waals surface area (Å²) in [4.78, 5) is 22.9. The number of aryl methyl sites for hydroxylation is 1. The number of carboxylic acid groups (broad SMARTS) is 1. The smallest absolute Gasteiger partial charge is 0.319 e. The number of aliphatic carboxylic acids is 1. The fraction of sp³-hybridized carbons (Fsp3) is 0.467. The summed E-state index contributed by atoms with van der Waals surface area (Å²) in [7, 11) is 0. The molecule has 0 bridgehead atoms. The van der Waals surface area contributed by atoms with E-state index in [2.05, 4.69) is 17.6 Å². The van der Waals surface area contributed by atoms with Crippen LogP contribution in [0.25, 0.3) is 0 Å². The van der Waals surface area contributed by atoms with Crippen molar-refractivity contribution in [2.24, 2.45) is 5.41 Å². The SMILES string of the molecule is CCCc1ccccc1NC(=O)NCC1(C(=O)O)CC1. The Hall–Kier alpha value is -2.04. The van der Waals surface area contributed by atoms with Gasteiger partial charge < -0.3 is 15.7 Å². The van der Waals surface area contributed by atoms with Crippen molar-refractivity contribution in [3.63, 3.8) is 0 Å². The molecule has 20 heavy (non-hydrogen) atoms. The second-order valence-electron chi connectivity index (χ2n) is 5.30. The number of carbonyl (C=O) groups is 2. The van der Waals surface area contributed by atoms with E-state index in [0.717, 1.165) is 24.1 Å². The molecule has 2 rings (SSSR count). The molecule has 3 N–H and O–H groups in total. The lowest BCUT2D eigenvalue weighted by molar-refractivity contribution is -0.143. The van der Waals surface area contributed by atoms with Gasteiger partial charge in [0.2, 0.25) is 0 Å². The summed E-state index contributed by atoms with van der Waals surface area (Å²) in [6.07, 6.45) is 3.17. The highest BCUT2D eigenvalue weighted by atomic mass is 16.4. The Morgan fingerprint density at radius 3 is 2.60 bits per heavy atom. The first-order chi connectivity index (χ1) is 9.57. The summed E-state index contributed by atoms with van der Waals surface area (Å²) in [5.74, 6) is -0.829. The van der Waals surface area contributed by atoms with Gasteiger partial charge in [-0.05, 0) is 30.9 Å². The van der Waals surface area contributed by atoms with Crippen molar-refractivity contribution in [3.05, 3.63) is 29.8 Å². The minimum atomic E-state index is -0.829. The number of anilines is 1. The quantitative estimate of drug-likeness (QED) is 0.747. The van der Waals surface area contributed by atoms with Gasteiger partial charge in [-0.3, -0.25) is 4.79 Å². The number of hydrogen-bond donors (Lipinski definition) is 3. The number of amides is 2. The van der Waals surface area contributed by atoms with Gasteiger partial charge in [-0.25, -0.2) is 4.79 Å². The first kappa shape index (κ1) is 14.4. The summed E-state index contributed by atoms with van der Waals surface area (Å²) < 4.78 is 0. The Morgan fingerprint density at radius 2 is 2.00 bits per heavy atom.